The number of fused-ring (bicyclic) bond motifs is 1. The average molecular weight is 473 g/mol. The number of hydrogen-bond acceptors (Lipinski definition) is 5. The van der Waals surface area contributed by atoms with Crippen molar-refractivity contribution in [2.24, 2.45) is 0 Å². The maximum Gasteiger partial charge on any atom is 0.255 e. The third-order valence-corrected chi connectivity index (χ3v) is 6.05. The molecule has 35 heavy (non-hydrogen) atoms. The summed E-state index contributed by atoms with van der Waals surface area (Å²) >= 11 is 0. The number of aromatic nitrogens is 4. The Balaban J connectivity index is 1.16. The highest BCUT2D eigenvalue weighted by Crippen LogP contribution is 2.19. The fourth-order valence-corrected chi connectivity index (χ4v) is 4.32. The summed E-state index contributed by atoms with van der Waals surface area (Å²) in [5, 5.41) is 10.0. The van der Waals surface area contributed by atoms with Gasteiger partial charge in [0.15, 0.2) is 0 Å². The number of benzene rings is 1. The first kappa shape index (κ1) is 22.6. The number of imidazole rings is 1. The van der Waals surface area contributed by atoms with Crippen molar-refractivity contribution in [3.63, 3.8) is 0 Å². The summed E-state index contributed by atoms with van der Waals surface area (Å²) in [4.78, 5) is 29.5. The maximum absolute atomic E-state index is 12.8. The van der Waals surface area contributed by atoms with Crippen LogP contribution in [0.5, 0.6) is 5.75 Å². The molecule has 180 valence electrons. The Morgan fingerprint density at radius 1 is 1.11 bits per heavy atom. The number of hydrogen-bond donors (Lipinski definition) is 2. The van der Waals surface area contributed by atoms with Gasteiger partial charge in [0.05, 0.1) is 17.6 Å². The molecule has 2 amide bonds. The molecule has 1 saturated carbocycles. The molecule has 0 radical (unpaired) electrons. The van der Waals surface area contributed by atoms with Crippen LogP contribution in [0.15, 0.2) is 61.2 Å². The fourth-order valence-electron chi connectivity index (χ4n) is 4.32. The van der Waals surface area contributed by atoms with Gasteiger partial charge in [-0.15, -0.1) is 0 Å². The minimum atomic E-state index is -0.284. The van der Waals surface area contributed by atoms with Gasteiger partial charge in [-0.05, 0) is 49.6 Å². The standard InChI is InChI=1S/C26H28N6O3/c1-18-9-10-24-28-22(14-31(24)13-18)17-35-23-8-4-5-19(11-23)26(34)30-21-12-27-32(15-21)16-25(33)29-20-6-2-3-7-20/h4-5,8-15,20H,2-3,6-7,16-17H2,1H3,(H,29,33)(H,30,34). The van der Waals surface area contributed by atoms with Gasteiger partial charge >= 0.3 is 0 Å². The zero-order valence-corrected chi connectivity index (χ0v) is 19.6. The van der Waals surface area contributed by atoms with E-state index in [0.29, 0.717) is 23.6 Å². The Kier molecular flexibility index (Phi) is 6.47. The van der Waals surface area contributed by atoms with E-state index in [1.165, 1.54) is 10.9 Å². The molecule has 1 fully saturated rings. The number of rotatable bonds is 8. The molecule has 5 rings (SSSR count). The summed E-state index contributed by atoms with van der Waals surface area (Å²) in [6.07, 6.45) is 11.5. The number of nitrogens with zero attached hydrogens (tertiary/aromatic N) is 4. The molecule has 1 aliphatic carbocycles. The molecule has 0 atom stereocenters. The lowest BCUT2D eigenvalue weighted by atomic mass is 10.2. The van der Waals surface area contributed by atoms with Gasteiger partial charge in [-0.25, -0.2) is 4.98 Å². The van der Waals surface area contributed by atoms with E-state index in [2.05, 4.69) is 20.7 Å². The van der Waals surface area contributed by atoms with E-state index in [9.17, 15) is 9.59 Å². The van der Waals surface area contributed by atoms with Crippen molar-refractivity contribution in [2.45, 2.75) is 51.8 Å². The average Bonchev–Trinajstić information content (AvgIpc) is 3.59. The molecule has 3 heterocycles. The van der Waals surface area contributed by atoms with Crippen LogP contribution in [0.3, 0.4) is 0 Å². The largest absolute Gasteiger partial charge is 0.487 e. The van der Waals surface area contributed by atoms with E-state index in [4.69, 9.17) is 4.74 Å². The second kappa shape index (κ2) is 10.0. The number of pyridine rings is 1. The van der Waals surface area contributed by atoms with Crippen molar-refractivity contribution in [3.8, 4) is 5.75 Å². The molecule has 9 nitrogen and oxygen atoms in total. The van der Waals surface area contributed by atoms with Crippen molar-refractivity contribution in [1.82, 2.24) is 24.5 Å². The van der Waals surface area contributed by atoms with Crippen LogP contribution in [0.2, 0.25) is 0 Å². The van der Waals surface area contributed by atoms with E-state index in [0.717, 1.165) is 42.6 Å². The molecule has 0 saturated heterocycles. The van der Waals surface area contributed by atoms with Crippen LogP contribution in [-0.4, -0.2) is 37.0 Å². The molecule has 4 aromatic rings. The SMILES string of the molecule is Cc1ccc2nc(COc3cccc(C(=O)Nc4cnn(CC(=O)NC5CCCC5)c4)c3)cn2c1. The van der Waals surface area contributed by atoms with E-state index in [-0.39, 0.29) is 24.4 Å². The Labute approximate surface area is 203 Å². The molecule has 1 aliphatic rings. The van der Waals surface area contributed by atoms with E-state index >= 15 is 0 Å². The van der Waals surface area contributed by atoms with Crippen molar-refractivity contribution in [2.75, 3.05) is 5.32 Å². The Bertz CT molecular complexity index is 1350. The highest BCUT2D eigenvalue weighted by atomic mass is 16.5. The first-order valence-corrected chi connectivity index (χ1v) is 11.8. The number of anilines is 1. The number of carbonyl (C=O) groups excluding carboxylic acids is 2. The summed E-state index contributed by atoms with van der Waals surface area (Å²) in [5.74, 6) is 0.224. The molecular formula is C26H28N6O3. The van der Waals surface area contributed by atoms with Gasteiger partial charge in [0.1, 0.15) is 24.5 Å². The summed E-state index contributed by atoms with van der Waals surface area (Å²) in [6, 6.07) is 11.2. The first-order valence-electron chi connectivity index (χ1n) is 11.8. The quantitative estimate of drug-likeness (QED) is 0.407. The lowest BCUT2D eigenvalue weighted by Crippen LogP contribution is -2.35. The molecule has 9 heteroatoms. The third kappa shape index (κ3) is 5.68. The Hall–Kier alpha value is -4.14. The molecule has 2 N–H and O–H groups in total. The van der Waals surface area contributed by atoms with Crippen LogP contribution in [0.25, 0.3) is 5.65 Å². The molecular weight excluding hydrogens is 444 g/mol. The topological polar surface area (TPSA) is 103 Å². The summed E-state index contributed by atoms with van der Waals surface area (Å²) in [6.45, 7) is 2.45. The van der Waals surface area contributed by atoms with Crippen LogP contribution >= 0.6 is 0 Å². The van der Waals surface area contributed by atoms with Crippen molar-refractivity contribution in [1.29, 1.82) is 0 Å². The highest BCUT2D eigenvalue weighted by molar-refractivity contribution is 6.04. The molecule has 0 spiro atoms. The number of ether oxygens (including phenoxy) is 1. The van der Waals surface area contributed by atoms with Crippen LogP contribution in [0, 0.1) is 6.92 Å². The third-order valence-electron chi connectivity index (χ3n) is 6.05. The van der Waals surface area contributed by atoms with Crippen LogP contribution in [-0.2, 0) is 17.9 Å². The van der Waals surface area contributed by atoms with Crippen LogP contribution in [0.4, 0.5) is 5.69 Å². The molecule has 0 aliphatic heterocycles. The van der Waals surface area contributed by atoms with Gasteiger partial charge in [-0.2, -0.15) is 5.10 Å². The Morgan fingerprint density at radius 2 is 1.97 bits per heavy atom. The molecule has 1 aromatic carbocycles. The van der Waals surface area contributed by atoms with Gasteiger partial charge in [0.25, 0.3) is 5.91 Å². The number of carbonyl (C=O) groups is 2. The van der Waals surface area contributed by atoms with E-state index in [1.807, 2.05) is 35.9 Å². The van der Waals surface area contributed by atoms with Gasteiger partial charge < -0.3 is 19.8 Å². The summed E-state index contributed by atoms with van der Waals surface area (Å²) in [7, 11) is 0. The second-order valence-corrected chi connectivity index (χ2v) is 8.95. The smallest absolute Gasteiger partial charge is 0.255 e. The molecule has 0 bridgehead atoms. The lowest BCUT2D eigenvalue weighted by Gasteiger charge is -2.11. The van der Waals surface area contributed by atoms with Gasteiger partial charge in [-0.1, -0.05) is 25.0 Å². The summed E-state index contributed by atoms with van der Waals surface area (Å²) in [5.41, 5.74) is 3.79. The normalized spacial score (nSPS) is 13.7. The zero-order chi connectivity index (χ0) is 24.2. The minimum Gasteiger partial charge on any atom is -0.487 e. The molecule has 0 unspecified atom stereocenters. The van der Waals surface area contributed by atoms with E-state index < -0.39 is 0 Å². The predicted molar refractivity (Wildman–Crippen MR) is 131 cm³/mol. The first-order chi connectivity index (χ1) is 17.0. The van der Waals surface area contributed by atoms with Crippen molar-refractivity contribution < 1.29 is 14.3 Å². The monoisotopic (exact) mass is 472 g/mol. The molecule has 3 aromatic heterocycles. The highest BCUT2D eigenvalue weighted by Gasteiger charge is 2.17. The predicted octanol–water partition coefficient (Wildman–Crippen LogP) is 3.73. The lowest BCUT2D eigenvalue weighted by molar-refractivity contribution is -0.122. The second-order valence-electron chi connectivity index (χ2n) is 8.95. The number of amides is 2. The Morgan fingerprint density at radius 3 is 2.83 bits per heavy atom. The number of nitrogens with one attached hydrogen (secondary N) is 2. The van der Waals surface area contributed by atoms with Gasteiger partial charge in [-0.3, -0.25) is 14.3 Å². The fraction of sp³-hybridized carbons (Fsp3) is 0.308. The van der Waals surface area contributed by atoms with Crippen molar-refractivity contribution >= 4 is 23.1 Å². The van der Waals surface area contributed by atoms with E-state index in [1.54, 1.807) is 30.5 Å². The summed E-state index contributed by atoms with van der Waals surface area (Å²) < 4.78 is 9.37. The van der Waals surface area contributed by atoms with Gasteiger partial charge in [0, 0.05) is 30.2 Å². The van der Waals surface area contributed by atoms with Gasteiger partial charge in [0.2, 0.25) is 5.91 Å². The van der Waals surface area contributed by atoms with Crippen LogP contribution < -0.4 is 15.4 Å². The number of aryl methyl sites for hydroxylation is 1. The van der Waals surface area contributed by atoms with Crippen LogP contribution in [0.1, 0.15) is 47.3 Å². The maximum atomic E-state index is 12.8. The zero-order valence-electron chi connectivity index (χ0n) is 19.6. The minimum absolute atomic E-state index is 0.0662. The van der Waals surface area contributed by atoms with Crippen molar-refractivity contribution in [3.05, 3.63) is 78.0 Å².